The fourth-order valence-corrected chi connectivity index (χ4v) is 2.62. The lowest BCUT2D eigenvalue weighted by molar-refractivity contribution is -0.118. The molecule has 1 aromatic heterocycles. The van der Waals surface area contributed by atoms with Crippen LogP contribution in [0.25, 0.3) is 11.3 Å². The standard InChI is InChI=1S/C19H13FN2O4/c20-13-4-2-1-3-12(13)15-7-8-17(26-15)19(24)21-11-5-6-16-14(9-11)22-18(23)10-25-16/h1-9H,10H2,(H,21,24)(H,22,23). The summed E-state index contributed by atoms with van der Waals surface area (Å²) < 4.78 is 24.6. The van der Waals surface area contributed by atoms with E-state index >= 15 is 0 Å². The molecule has 2 heterocycles. The molecular formula is C19H13FN2O4. The summed E-state index contributed by atoms with van der Waals surface area (Å²) in [4.78, 5) is 23.7. The summed E-state index contributed by atoms with van der Waals surface area (Å²) in [6.45, 7) is -0.0378. The summed E-state index contributed by atoms with van der Waals surface area (Å²) >= 11 is 0. The minimum atomic E-state index is -0.490. The van der Waals surface area contributed by atoms with Crippen LogP contribution < -0.4 is 15.4 Å². The van der Waals surface area contributed by atoms with Crippen LogP contribution >= 0.6 is 0 Å². The van der Waals surface area contributed by atoms with E-state index < -0.39 is 11.7 Å². The molecule has 7 heteroatoms. The molecule has 0 aliphatic carbocycles. The molecule has 26 heavy (non-hydrogen) atoms. The fraction of sp³-hybridized carbons (Fsp3) is 0.0526. The van der Waals surface area contributed by atoms with Crippen LogP contribution in [0, 0.1) is 5.82 Å². The van der Waals surface area contributed by atoms with Gasteiger partial charge in [-0.1, -0.05) is 12.1 Å². The molecule has 3 aromatic rings. The second-order valence-corrected chi connectivity index (χ2v) is 5.65. The van der Waals surface area contributed by atoms with Gasteiger partial charge in [-0.05, 0) is 42.5 Å². The van der Waals surface area contributed by atoms with Crippen molar-refractivity contribution in [2.45, 2.75) is 0 Å². The van der Waals surface area contributed by atoms with E-state index in [2.05, 4.69) is 10.6 Å². The Morgan fingerprint density at radius 3 is 2.81 bits per heavy atom. The van der Waals surface area contributed by atoms with Gasteiger partial charge in [-0.3, -0.25) is 9.59 Å². The first-order valence-electron chi connectivity index (χ1n) is 7.83. The molecular weight excluding hydrogens is 339 g/mol. The van der Waals surface area contributed by atoms with Crippen LogP contribution in [-0.2, 0) is 4.79 Å². The zero-order valence-electron chi connectivity index (χ0n) is 13.4. The molecule has 0 radical (unpaired) electrons. The first-order chi connectivity index (χ1) is 12.6. The van der Waals surface area contributed by atoms with Crippen molar-refractivity contribution in [3.8, 4) is 17.1 Å². The van der Waals surface area contributed by atoms with Gasteiger partial charge in [-0.25, -0.2) is 4.39 Å². The van der Waals surface area contributed by atoms with Gasteiger partial charge in [0.2, 0.25) is 0 Å². The van der Waals surface area contributed by atoms with Gasteiger partial charge in [0.1, 0.15) is 17.3 Å². The van der Waals surface area contributed by atoms with Gasteiger partial charge >= 0.3 is 0 Å². The third-order valence-electron chi connectivity index (χ3n) is 3.84. The zero-order chi connectivity index (χ0) is 18.1. The van der Waals surface area contributed by atoms with Crippen molar-refractivity contribution in [3.05, 3.63) is 66.2 Å². The van der Waals surface area contributed by atoms with Crippen molar-refractivity contribution in [2.75, 3.05) is 17.2 Å². The highest BCUT2D eigenvalue weighted by molar-refractivity contribution is 6.03. The molecule has 6 nitrogen and oxygen atoms in total. The van der Waals surface area contributed by atoms with Crippen molar-refractivity contribution in [2.24, 2.45) is 0 Å². The summed E-state index contributed by atoms with van der Waals surface area (Å²) in [6, 6.07) is 14.0. The molecule has 2 amide bonds. The first-order valence-corrected chi connectivity index (χ1v) is 7.83. The number of ether oxygens (including phenoxy) is 1. The summed E-state index contributed by atoms with van der Waals surface area (Å²) in [5.74, 6) is -0.348. The van der Waals surface area contributed by atoms with Crippen LogP contribution in [0.15, 0.2) is 59.0 Å². The average molecular weight is 352 g/mol. The quantitative estimate of drug-likeness (QED) is 0.754. The first kappa shape index (κ1) is 15.9. The molecule has 0 saturated carbocycles. The Kier molecular flexibility index (Phi) is 3.89. The monoisotopic (exact) mass is 352 g/mol. The lowest BCUT2D eigenvalue weighted by Crippen LogP contribution is -2.25. The topological polar surface area (TPSA) is 80.6 Å². The van der Waals surface area contributed by atoms with Gasteiger partial charge in [0, 0.05) is 5.69 Å². The number of halogens is 1. The summed E-state index contributed by atoms with van der Waals surface area (Å²) in [6.07, 6.45) is 0. The molecule has 0 fully saturated rings. The largest absolute Gasteiger partial charge is 0.482 e. The van der Waals surface area contributed by atoms with Crippen molar-refractivity contribution in [1.82, 2.24) is 0 Å². The Morgan fingerprint density at radius 1 is 1.12 bits per heavy atom. The number of furan rings is 1. The van der Waals surface area contributed by atoms with Gasteiger partial charge in [-0.15, -0.1) is 0 Å². The van der Waals surface area contributed by atoms with E-state index in [1.54, 1.807) is 36.4 Å². The second-order valence-electron chi connectivity index (χ2n) is 5.65. The molecule has 2 N–H and O–H groups in total. The SMILES string of the molecule is O=C1COc2ccc(NC(=O)c3ccc(-c4ccccc4F)o3)cc2N1. The van der Waals surface area contributed by atoms with E-state index in [0.717, 1.165) is 0 Å². The highest BCUT2D eigenvalue weighted by atomic mass is 19.1. The Morgan fingerprint density at radius 2 is 1.96 bits per heavy atom. The minimum absolute atomic E-state index is 0.0378. The predicted molar refractivity (Wildman–Crippen MR) is 92.6 cm³/mol. The number of nitrogens with one attached hydrogen (secondary N) is 2. The summed E-state index contributed by atoms with van der Waals surface area (Å²) in [7, 11) is 0. The Labute approximate surface area is 147 Å². The van der Waals surface area contributed by atoms with Crippen LogP contribution in [0.3, 0.4) is 0 Å². The van der Waals surface area contributed by atoms with Crippen LogP contribution in [0.1, 0.15) is 10.6 Å². The van der Waals surface area contributed by atoms with Crippen molar-refractivity contribution in [1.29, 1.82) is 0 Å². The molecule has 0 saturated heterocycles. The average Bonchev–Trinajstić information content (AvgIpc) is 3.12. The van der Waals surface area contributed by atoms with Crippen LogP contribution in [0.2, 0.25) is 0 Å². The van der Waals surface area contributed by atoms with E-state index in [4.69, 9.17) is 9.15 Å². The molecule has 130 valence electrons. The molecule has 1 aliphatic rings. The van der Waals surface area contributed by atoms with E-state index in [9.17, 15) is 14.0 Å². The number of amides is 2. The third kappa shape index (κ3) is 3.02. The summed E-state index contributed by atoms with van der Waals surface area (Å²) in [5.41, 5.74) is 1.22. The number of hydrogen-bond donors (Lipinski definition) is 2. The molecule has 4 rings (SSSR count). The lowest BCUT2D eigenvalue weighted by Gasteiger charge is -2.18. The third-order valence-corrected chi connectivity index (χ3v) is 3.84. The molecule has 0 unspecified atom stereocenters. The van der Waals surface area contributed by atoms with Gasteiger partial charge in [-0.2, -0.15) is 0 Å². The number of carbonyl (C=O) groups excluding carboxylic acids is 2. The highest BCUT2D eigenvalue weighted by Gasteiger charge is 2.18. The Balaban J connectivity index is 1.53. The number of carbonyl (C=O) groups is 2. The summed E-state index contributed by atoms with van der Waals surface area (Å²) in [5, 5.41) is 5.33. The van der Waals surface area contributed by atoms with Crippen molar-refractivity contribution in [3.63, 3.8) is 0 Å². The van der Waals surface area contributed by atoms with Gasteiger partial charge in [0.25, 0.3) is 11.8 Å². The maximum absolute atomic E-state index is 13.8. The number of hydrogen-bond acceptors (Lipinski definition) is 4. The number of fused-ring (bicyclic) bond motifs is 1. The number of anilines is 2. The number of rotatable bonds is 3. The van der Waals surface area contributed by atoms with E-state index in [0.29, 0.717) is 17.1 Å². The Bertz CT molecular complexity index is 1010. The normalized spacial score (nSPS) is 12.7. The molecule has 0 atom stereocenters. The van der Waals surface area contributed by atoms with Crippen LogP contribution in [-0.4, -0.2) is 18.4 Å². The molecule has 1 aliphatic heterocycles. The van der Waals surface area contributed by atoms with Gasteiger partial charge in [0.05, 0.1) is 11.3 Å². The minimum Gasteiger partial charge on any atom is -0.482 e. The fourth-order valence-electron chi connectivity index (χ4n) is 2.62. The maximum atomic E-state index is 13.8. The van der Waals surface area contributed by atoms with Gasteiger partial charge in [0.15, 0.2) is 12.4 Å². The second kappa shape index (κ2) is 6.36. The molecule has 0 bridgehead atoms. The smallest absolute Gasteiger partial charge is 0.291 e. The van der Waals surface area contributed by atoms with Crippen LogP contribution in [0.5, 0.6) is 5.75 Å². The maximum Gasteiger partial charge on any atom is 0.291 e. The van der Waals surface area contributed by atoms with Crippen molar-refractivity contribution >= 4 is 23.2 Å². The van der Waals surface area contributed by atoms with E-state index in [1.165, 1.54) is 18.2 Å². The molecule has 2 aromatic carbocycles. The molecule has 0 spiro atoms. The van der Waals surface area contributed by atoms with E-state index in [-0.39, 0.29) is 29.6 Å². The lowest BCUT2D eigenvalue weighted by atomic mass is 10.1. The highest BCUT2D eigenvalue weighted by Crippen LogP contribution is 2.31. The van der Waals surface area contributed by atoms with Crippen LogP contribution in [0.4, 0.5) is 15.8 Å². The van der Waals surface area contributed by atoms with E-state index in [1.807, 2.05) is 0 Å². The van der Waals surface area contributed by atoms with Crippen molar-refractivity contribution < 1.29 is 23.1 Å². The predicted octanol–water partition coefficient (Wildman–Crippen LogP) is 3.67. The zero-order valence-corrected chi connectivity index (χ0v) is 13.4. The Hall–Kier alpha value is -3.61. The number of benzene rings is 2. The van der Waals surface area contributed by atoms with Gasteiger partial charge < -0.3 is 19.8 Å².